The first-order valence-corrected chi connectivity index (χ1v) is 4.89. The van der Waals surface area contributed by atoms with Crippen molar-refractivity contribution in [1.29, 1.82) is 0 Å². The van der Waals surface area contributed by atoms with Crippen LogP contribution in [-0.2, 0) is 22.0 Å². The minimum Gasteiger partial charge on any atom is -0.269 e. The lowest BCUT2D eigenvalue weighted by Gasteiger charge is -1.97. The fraction of sp³-hybridized carbons (Fsp3) is 0.125. The number of oxime groups is 1. The van der Waals surface area contributed by atoms with Gasteiger partial charge in [-0.1, -0.05) is 35.5 Å². The first-order chi connectivity index (χ1) is 6.34. The van der Waals surface area contributed by atoms with Gasteiger partial charge in [0.1, 0.15) is 0 Å². The summed E-state index contributed by atoms with van der Waals surface area (Å²) in [6.45, 7) is 0. The predicted octanol–water partition coefficient (Wildman–Crippen LogP) is 0.741. The Balaban J connectivity index is 2.04. The molecule has 0 saturated carbocycles. The van der Waals surface area contributed by atoms with Gasteiger partial charge in [-0.05, 0) is 5.56 Å². The SMILES string of the molecule is O=S1NC(Cc2ccccc2)=NO1. The van der Waals surface area contributed by atoms with E-state index in [0.717, 1.165) is 5.56 Å². The Bertz CT molecular complexity index is 350. The largest absolute Gasteiger partial charge is 0.338 e. The van der Waals surface area contributed by atoms with Crippen molar-refractivity contribution in [2.24, 2.45) is 5.16 Å². The van der Waals surface area contributed by atoms with Gasteiger partial charge in [-0.3, -0.25) is 9.01 Å². The van der Waals surface area contributed by atoms with Gasteiger partial charge < -0.3 is 0 Å². The van der Waals surface area contributed by atoms with Crippen LogP contribution < -0.4 is 4.72 Å². The second kappa shape index (κ2) is 3.57. The van der Waals surface area contributed by atoms with Crippen LogP contribution in [0.5, 0.6) is 0 Å². The molecule has 0 saturated heterocycles. The molecule has 5 heteroatoms. The Labute approximate surface area is 78.4 Å². The van der Waals surface area contributed by atoms with Gasteiger partial charge in [0.15, 0.2) is 5.84 Å². The van der Waals surface area contributed by atoms with E-state index in [2.05, 4.69) is 14.2 Å². The van der Waals surface area contributed by atoms with Gasteiger partial charge in [-0.25, -0.2) is 0 Å². The van der Waals surface area contributed by atoms with Crippen LogP contribution in [0.3, 0.4) is 0 Å². The van der Waals surface area contributed by atoms with Gasteiger partial charge in [-0.2, -0.15) is 4.21 Å². The smallest absolute Gasteiger partial charge is 0.269 e. The maximum atomic E-state index is 10.7. The molecular formula is C8H8N2O2S. The van der Waals surface area contributed by atoms with Crippen molar-refractivity contribution in [3.8, 4) is 0 Å². The Morgan fingerprint density at radius 1 is 1.38 bits per heavy atom. The molecule has 1 aromatic carbocycles. The zero-order valence-corrected chi connectivity index (χ0v) is 7.58. The third-order valence-corrected chi connectivity index (χ3v) is 2.24. The summed E-state index contributed by atoms with van der Waals surface area (Å²) in [5.74, 6) is 0.601. The zero-order chi connectivity index (χ0) is 9.10. The molecule has 0 aromatic heterocycles. The number of benzene rings is 1. The van der Waals surface area contributed by atoms with E-state index in [1.54, 1.807) is 0 Å². The summed E-state index contributed by atoms with van der Waals surface area (Å²) in [5, 5.41) is 3.62. The number of nitrogens with zero attached hydrogens (tertiary/aromatic N) is 1. The number of hydrogen-bond acceptors (Lipinski definition) is 3. The van der Waals surface area contributed by atoms with Crippen molar-refractivity contribution < 1.29 is 8.49 Å². The highest BCUT2D eigenvalue weighted by Crippen LogP contribution is 2.03. The van der Waals surface area contributed by atoms with E-state index in [0.29, 0.717) is 12.3 Å². The predicted molar refractivity (Wildman–Crippen MR) is 49.9 cm³/mol. The molecule has 0 bridgehead atoms. The van der Waals surface area contributed by atoms with Crippen LogP contribution in [0, 0.1) is 0 Å². The molecule has 1 N–H and O–H groups in total. The zero-order valence-electron chi connectivity index (χ0n) is 6.77. The van der Waals surface area contributed by atoms with Crippen LogP contribution in [-0.4, -0.2) is 10.0 Å². The molecule has 0 radical (unpaired) electrons. The second-order valence-electron chi connectivity index (χ2n) is 2.61. The summed E-state index contributed by atoms with van der Waals surface area (Å²) in [7, 11) is 0. The number of nitrogens with one attached hydrogen (secondary N) is 1. The van der Waals surface area contributed by atoms with Crippen LogP contribution in [0.2, 0.25) is 0 Å². The molecule has 1 heterocycles. The second-order valence-corrected chi connectivity index (χ2v) is 3.43. The fourth-order valence-corrected chi connectivity index (χ4v) is 1.57. The standard InChI is InChI=1S/C8H8N2O2S/c11-13-10-8(9-12-13)6-7-4-2-1-3-5-7/h1-5H,6H2,(H,9,10). The van der Waals surface area contributed by atoms with Gasteiger partial charge in [0, 0.05) is 6.42 Å². The molecule has 1 aliphatic heterocycles. The third-order valence-electron chi connectivity index (χ3n) is 1.63. The van der Waals surface area contributed by atoms with Crippen molar-refractivity contribution in [2.75, 3.05) is 0 Å². The van der Waals surface area contributed by atoms with Crippen molar-refractivity contribution in [3.63, 3.8) is 0 Å². The molecule has 1 atom stereocenters. The van der Waals surface area contributed by atoms with Crippen LogP contribution in [0.15, 0.2) is 35.5 Å². The normalized spacial score (nSPS) is 20.3. The van der Waals surface area contributed by atoms with Gasteiger partial charge in [0.2, 0.25) is 0 Å². The molecule has 0 aliphatic carbocycles. The molecule has 13 heavy (non-hydrogen) atoms. The lowest BCUT2D eigenvalue weighted by Crippen LogP contribution is -2.21. The molecule has 1 unspecified atom stereocenters. The van der Waals surface area contributed by atoms with Crippen molar-refractivity contribution >= 4 is 17.1 Å². The Morgan fingerprint density at radius 3 is 2.77 bits per heavy atom. The summed E-state index contributed by atoms with van der Waals surface area (Å²) in [4.78, 5) is 0. The Kier molecular flexibility index (Phi) is 2.27. The van der Waals surface area contributed by atoms with E-state index in [4.69, 9.17) is 0 Å². The van der Waals surface area contributed by atoms with Crippen LogP contribution >= 0.6 is 0 Å². The molecule has 4 nitrogen and oxygen atoms in total. The highest BCUT2D eigenvalue weighted by molar-refractivity contribution is 7.79. The highest BCUT2D eigenvalue weighted by Gasteiger charge is 2.13. The minimum absolute atomic E-state index is 0.601. The molecule has 0 spiro atoms. The van der Waals surface area contributed by atoms with E-state index in [9.17, 15) is 4.21 Å². The molecular weight excluding hydrogens is 188 g/mol. The lowest BCUT2D eigenvalue weighted by molar-refractivity contribution is 0.384. The maximum absolute atomic E-state index is 10.7. The summed E-state index contributed by atoms with van der Waals surface area (Å²) in [5.41, 5.74) is 1.11. The van der Waals surface area contributed by atoms with Crippen molar-refractivity contribution in [2.45, 2.75) is 6.42 Å². The maximum Gasteiger partial charge on any atom is 0.338 e. The van der Waals surface area contributed by atoms with E-state index < -0.39 is 11.3 Å². The van der Waals surface area contributed by atoms with Gasteiger partial charge in [0.25, 0.3) is 0 Å². The number of amidine groups is 1. The van der Waals surface area contributed by atoms with Crippen LogP contribution in [0.1, 0.15) is 5.56 Å². The summed E-state index contributed by atoms with van der Waals surface area (Å²) < 4.78 is 17.8. The van der Waals surface area contributed by atoms with Crippen molar-refractivity contribution in [1.82, 2.24) is 4.72 Å². The van der Waals surface area contributed by atoms with Gasteiger partial charge >= 0.3 is 11.3 Å². The quantitative estimate of drug-likeness (QED) is 0.758. The summed E-state index contributed by atoms with van der Waals surface area (Å²) >= 11 is -1.48. The molecule has 2 rings (SSSR count). The monoisotopic (exact) mass is 196 g/mol. The van der Waals surface area contributed by atoms with Crippen LogP contribution in [0.25, 0.3) is 0 Å². The number of rotatable bonds is 2. The first-order valence-electron chi connectivity index (χ1n) is 3.81. The van der Waals surface area contributed by atoms with Gasteiger partial charge in [-0.15, -0.1) is 0 Å². The topological polar surface area (TPSA) is 50.7 Å². The average Bonchev–Trinajstić information content (AvgIpc) is 2.53. The van der Waals surface area contributed by atoms with Crippen molar-refractivity contribution in [3.05, 3.63) is 35.9 Å². The lowest BCUT2D eigenvalue weighted by atomic mass is 10.1. The molecule has 0 amide bonds. The molecule has 1 aliphatic rings. The summed E-state index contributed by atoms with van der Waals surface area (Å²) in [6.07, 6.45) is 0.618. The average molecular weight is 196 g/mol. The Hall–Kier alpha value is -1.36. The van der Waals surface area contributed by atoms with E-state index in [-0.39, 0.29) is 0 Å². The third kappa shape index (κ3) is 2.06. The molecule has 68 valence electrons. The fourth-order valence-electron chi connectivity index (χ4n) is 1.07. The summed E-state index contributed by atoms with van der Waals surface area (Å²) in [6, 6.07) is 9.80. The number of hydrogen-bond donors (Lipinski definition) is 1. The highest BCUT2D eigenvalue weighted by atomic mass is 32.2. The Morgan fingerprint density at radius 2 is 2.15 bits per heavy atom. The van der Waals surface area contributed by atoms with E-state index in [1.165, 1.54) is 0 Å². The van der Waals surface area contributed by atoms with E-state index in [1.807, 2.05) is 30.3 Å². The van der Waals surface area contributed by atoms with E-state index >= 15 is 0 Å². The van der Waals surface area contributed by atoms with Gasteiger partial charge in [0.05, 0.1) is 0 Å². The van der Waals surface area contributed by atoms with Crippen LogP contribution in [0.4, 0.5) is 0 Å². The first kappa shape index (κ1) is 8.25. The molecule has 1 aromatic rings. The molecule has 0 fully saturated rings. The minimum atomic E-state index is -1.48.